The normalized spacial score (nSPS) is 16.6. The first-order valence-corrected chi connectivity index (χ1v) is 8.61. The molecule has 2 N–H and O–H groups in total. The second kappa shape index (κ2) is 6.68. The Labute approximate surface area is 143 Å². The second-order valence-corrected chi connectivity index (χ2v) is 6.86. The maximum atomic E-state index is 12.7. The highest BCUT2D eigenvalue weighted by Gasteiger charge is 2.42. The summed E-state index contributed by atoms with van der Waals surface area (Å²) in [4.78, 5) is 33.9. The monoisotopic (exact) mass is 349 g/mol. The van der Waals surface area contributed by atoms with Crippen LogP contribution in [0.1, 0.15) is 47.5 Å². The SMILES string of the molecule is COC(=O)C1(NC(=O)c2sc(-c3ncn[nH]3)nc2C)CCCCC1. The molecule has 1 fully saturated rings. The Kier molecular flexibility index (Phi) is 4.61. The maximum Gasteiger partial charge on any atom is 0.331 e. The number of aryl methyl sites for hydroxylation is 1. The molecular weight excluding hydrogens is 330 g/mol. The lowest BCUT2D eigenvalue weighted by molar-refractivity contribution is -0.149. The molecule has 0 aliphatic heterocycles. The summed E-state index contributed by atoms with van der Waals surface area (Å²) < 4.78 is 4.94. The number of carbonyl (C=O) groups is 2. The number of hydrogen-bond donors (Lipinski definition) is 2. The van der Waals surface area contributed by atoms with E-state index in [-0.39, 0.29) is 11.9 Å². The van der Waals surface area contributed by atoms with Crippen molar-refractivity contribution in [2.75, 3.05) is 7.11 Å². The van der Waals surface area contributed by atoms with E-state index in [2.05, 4.69) is 25.5 Å². The minimum absolute atomic E-state index is 0.303. The molecule has 1 aliphatic rings. The standard InChI is InChI=1S/C15H19N5O3S/c1-9-10(24-13(18-9)11-16-8-17-20-11)12(21)19-15(14(22)23-2)6-4-3-5-7-15/h8H,3-7H2,1-2H3,(H,19,21)(H,16,17,20). The van der Waals surface area contributed by atoms with Crippen molar-refractivity contribution in [1.82, 2.24) is 25.5 Å². The summed E-state index contributed by atoms with van der Waals surface area (Å²) in [6, 6.07) is 0. The fraction of sp³-hybridized carbons (Fsp3) is 0.533. The van der Waals surface area contributed by atoms with Crippen LogP contribution >= 0.6 is 11.3 Å². The number of carbonyl (C=O) groups excluding carboxylic acids is 2. The van der Waals surface area contributed by atoms with Crippen molar-refractivity contribution in [3.63, 3.8) is 0 Å². The molecule has 24 heavy (non-hydrogen) atoms. The molecule has 8 nitrogen and oxygen atoms in total. The van der Waals surface area contributed by atoms with Crippen molar-refractivity contribution >= 4 is 23.2 Å². The first-order chi connectivity index (χ1) is 11.6. The number of nitrogens with zero attached hydrogens (tertiary/aromatic N) is 3. The van der Waals surface area contributed by atoms with E-state index in [0.717, 1.165) is 19.3 Å². The molecule has 1 aliphatic carbocycles. The Balaban J connectivity index is 1.84. The molecule has 128 valence electrons. The van der Waals surface area contributed by atoms with Crippen molar-refractivity contribution < 1.29 is 14.3 Å². The third kappa shape index (κ3) is 3.03. The number of nitrogens with one attached hydrogen (secondary N) is 2. The molecule has 2 heterocycles. The largest absolute Gasteiger partial charge is 0.467 e. The van der Waals surface area contributed by atoms with Crippen molar-refractivity contribution in [1.29, 1.82) is 0 Å². The van der Waals surface area contributed by atoms with Crippen LogP contribution in [0.3, 0.4) is 0 Å². The average Bonchev–Trinajstić information content (AvgIpc) is 3.24. The van der Waals surface area contributed by atoms with Gasteiger partial charge in [-0.2, -0.15) is 5.10 Å². The zero-order chi connectivity index (χ0) is 17.2. The van der Waals surface area contributed by atoms with Gasteiger partial charge >= 0.3 is 5.97 Å². The molecule has 1 amide bonds. The Bertz CT molecular complexity index is 734. The van der Waals surface area contributed by atoms with Gasteiger partial charge < -0.3 is 10.1 Å². The number of rotatable bonds is 4. The predicted molar refractivity (Wildman–Crippen MR) is 87.5 cm³/mol. The van der Waals surface area contributed by atoms with E-state index in [9.17, 15) is 9.59 Å². The number of thiazole rings is 1. The smallest absolute Gasteiger partial charge is 0.331 e. The lowest BCUT2D eigenvalue weighted by Crippen LogP contribution is -2.56. The zero-order valence-electron chi connectivity index (χ0n) is 13.6. The van der Waals surface area contributed by atoms with Crippen LogP contribution in [0.15, 0.2) is 6.33 Å². The van der Waals surface area contributed by atoms with Gasteiger partial charge in [0, 0.05) is 0 Å². The van der Waals surface area contributed by atoms with E-state index in [4.69, 9.17) is 4.74 Å². The van der Waals surface area contributed by atoms with Crippen molar-refractivity contribution in [2.45, 2.75) is 44.6 Å². The van der Waals surface area contributed by atoms with Gasteiger partial charge in [0.2, 0.25) is 0 Å². The molecule has 2 aromatic rings. The molecule has 0 aromatic carbocycles. The number of ether oxygens (including phenoxy) is 1. The van der Waals surface area contributed by atoms with Crippen molar-refractivity contribution in [3.8, 4) is 10.8 Å². The van der Waals surface area contributed by atoms with Crippen molar-refractivity contribution in [2.24, 2.45) is 0 Å². The van der Waals surface area contributed by atoms with Gasteiger partial charge in [-0.25, -0.2) is 14.8 Å². The number of amides is 1. The van der Waals surface area contributed by atoms with Gasteiger partial charge in [-0.15, -0.1) is 11.3 Å². The van der Waals surface area contributed by atoms with E-state index < -0.39 is 5.54 Å². The topological polar surface area (TPSA) is 110 Å². The molecule has 0 radical (unpaired) electrons. The van der Waals surface area contributed by atoms with Crippen LogP contribution in [-0.2, 0) is 9.53 Å². The molecule has 0 spiro atoms. The number of hydrogen-bond acceptors (Lipinski definition) is 7. The van der Waals surface area contributed by atoms with Gasteiger partial charge in [0.05, 0.1) is 12.8 Å². The summed E-state index contributed by atoms with van der Waals surface area (Å²) in [6.45, 7) is 1.76. The number of aromatic nitrogens is 4. The lowest BCUT2D eigenvalue weighted by atomic mass is 9.81. The highest BCUT2D eigenvalue weighted by Crippen LogP contribution is 2.31. The molecule has 0 atom stereocenters. The summed E-state index contributed by atoms with van der Waals surface area (Å²) in [5.74, 6) is -0.168. The molecule has 0 unspecified atom stereocenters. The highest BCUT2D eigenvalue weighted by atomic mass is 32.1. The quantitative estimate of drug-likeness (QED) is 0.815. The third-order valence-electron chi connectivity index (χ3n) is 4.26. The van der Waals surface area contributed by atoms with Crippen LogP contribution in [0.4, 0.5) is 0 Å². The molecule has 0 saturated heterocycles. The Hall–Kier alpha value is -2.29. The summed E-state index contributed by atoms with van der Waals surface area (Å²) >= 11 is 1.22. The molecule has 1 saturated carbocycles. The van der Waals surface area contributed by atoms with E-state index >= 15 is 0 Å². The Morgan fingerprint density at radius 1 is 1.33 bits per heavy atom. The van der Waals surface area contributed by atoms with Gasteiger partial charge in [-0.1, -0.05) is 19.3 Å². The summed E-state index contributed by atoms with van der Waals surface area (Å²) in [6.07, 6.45) is 5.42. The van der Waals surface area contributed by atoms with Gasteiger partial charge in [-0.3, -0.25) is 9.89 Å². The van der Waals surface area contributed by atoms with Crippen LogP contribution in [0, 0.1) is 6.92 Å². The molecule has 9 heteroatoms. The molecule has 2 aromatic heterocycles. The minimum Gasteiger partial charge on any atom is -0.467 e. The highest BCUT2D eigenvalue weighted by molar-refractivity contribution is 7.17. The molecule has 3 rings (SSSR count). The van der Waals surface area contributed by atoms with Gasteiger partial charge in [0.25, 0.3) is 5.91 Å². The third-order valence-corrected chi connectivity index (χ3v) is 5.42. The number of esters is 1. The van der Waals surface area contributed by atoms with E-state index in [1.165, 1.54) is 24.8 Å². The van der Waals surface area contributed by atoms with Crippen LogP contribution < -0.4 is 5.32 Å². The molecular formula is C15H19N5O3S. The van der Waals surface area contributed by atoms with Crippen LogP contribution in [-0.4, -0.2) is 44.7 Å². The van der Waals surface area contributed by atoms with E-state index in [1.807, 2.05) is 0 Å². The van der Waals surface area contributed by atoms with Crippen LogP contribution in [0.25, 0.3) is 10.8 Å². The predicted octanol–water partition coefficient (Wildman–Crippen LogP) is 1.84. The molecule has 0 bridgehead atoms. The van der Waals surface area contributed by atoms with Crippen molar-refractivity contribution in [3.05, 3.63) is 16.9 Å². The van der Waals surface area contributed by atoms with Crippen LogP contribution in [0.5, 0.6) is 0 Å². The Morgan fingerprint density at radius 2 is 2.08 bits per heavy atom. The van der Waals surface area contributed by atoms with Gasteiger partial charge in [0.15, 0.2) is 10.8 Å². The first-order valence-electron chi connectivity index (χ1n) is 7.80. The Morgan fingerprint density at radius 3 is 2.71 bits per heavy atom. The van der Waals surface area contributed by atoms with E-state index in [1.54, 1.807) is 6.92 Å². The fourth-order valence-corrected chi connectivity index (χ4v) is 3.93. The zero-order valence-corrected chi connectivity index (χ0v) is 14.4. The second-order valence-electron chi connectivity index (χ2n) is 5.86. The fourth-order valence-electron chi connectivity index (χ4n) is 3.02. The van der Waals surface area contributed by atoms with E-state index in [0.29, 0.717) is 34.2 Å². The van der Waals surface area contributed by atoms with Gasteiger partial charge in [0.1, 0.15) is 16.7 Å². The number of H-pyrrole nitrogens is 1. The summed E-state index contributed by atoms with van der Waals surface area (Å²) in [5.41, 5.74) is -0.341. The maximum absolute atomic E-state index is 12.7. The van der Waals surface area contributed by atoms with Crippen LogP contribution in [0.2, 0.25) is 0 Å². The van der Waals surface area contributed by atoms with Gasteiger partial charge in [-0.05, 0) is 19.8 Å². The lowest BCUT2D eigenvalue weighted by Gasteiger charge is -2.35. The first kappa shape index (κ1) is 16.6. The average molecular weight is 349 g/mol. The minimum atomic E-state index is -0.938. The number of aromatic amines is 1. The number of methoxy groups -OCH3 is 1. The summed E-state index contributed by atoms with van der Waals surface area (Å²) in [7, 11) is 1.35. The summed E-state index contributed by atoms with van der Waals surface area (Å²) in [5, 5.41) is 10.0.